The van der Waals surface area contributed by atoms with E-state index in [9.17, 15) is 9.59 Å². The van der Waals surface area contributed by atoms with Crippen molar-refractivity contribution in [2.24, 2.45) is 5.92 Å². The fourth-order valence-electron chi connectivity index (χ4n) is 4.42. The molecule has 1 amide bonds. The maximum atomic E-state index is 13.6. The molecular weight excluding hydrogens is 374 g/mol. The predicted octanol–water partition coefficient (Wildman–Crippen LogP) is 5.09. The van der Waals surface area contributed by atoms with Gasteiger partial charge in [-0.1, -0.05) is 56.0 Å². The Morgan fingerprint density at radius 3 is 2.50 bits per heavy atom. The summed E-state index contributed by atoms with van der Waals surface area (Å²) in [7, 11) is 1.91. The first-order chi connectivity index (χ1) is 14.3. The summed E-state index contributed by atoms with van der Waals surface area (Å²) in [6.45, 7) is 9.83. The first-order valence-electron chi connectivity index (χ1n) is 10.5. The van der Waals surface area contributed by atoms with Gasteiger partial charge in [0.2, 0.25) is 5.91 Å². The van der Waals surface area contributed by atoms with Gasteiger partial charge in [0.05, 0.1) is 17.0 Å². The van der Waals surface area contributed by atoms with Crippen LogP contribution in [0.3, 0.4) is 0 Å². The third-order valence-corrected chi connectivity index (χ3v) is 6.23. The van der Waals surface area contributed by atoms with Crippen molar-refractivity contribution in [1.29, 1.82) is 0 Å². The van der Waals surface area contributed by atoms with Gasteiger partial charge in [0.1, 0.15) is 6.61 Å². The van der Waals surface area contributed by atoms with Crippen LogP contribution in [0.1, 0.15) is 60.3 Å². The molecule has 0 spiro atoms. The standard InChI is InChI=1S/C26H31NO3/c1-6-17-30-24(28)20-13-15-21(16-14-20)26(3,4)25(29)27(5)23-18(2)11-12-19-9-7-8-10-22(19)23/h6-10,13-16,18,23H,1,11-12,17H2,2-5H3. The van der Waals surface area contributed by atoms with Gasteiger partial charge in [-0.2, -0.15) is 0 Å². The van der Waals surface area contributed by atoms with Gasteiger partial charge in [0.25, 0.3) is 0 Å². The van der Waals surface area contributed by atoms with Gasteiger partial charge < -0.3 is 9.64 Å². The van der Waals surface area contributed by atoms with Crippen LogP contribution in [0.5, 0.6) is 0 Å². The molecule has 4 heteroatoms. The number of benzene rings is 2. The summed E-state index contributed by atoms with van der Waals surface area (Å²) in [5.74, 6) is 0.0695. The predicted molar refractivity (Wildman–Crippen MR) is 119 cm³/mol. The first-order valence-corrected chi connectivity index (χ1v) is 10.5. The second-order valence-corrected chi connectivity index (χ2v) is 8.67. The summed E-state index contributed by atoms with van der Waals surface area (Å²) in [5.41, 5.74) is 3.21. The molecule has 0 bridgehead atoms. The van der Waals surface area contributed by atoms with Crippen LogP contribution in [0.25, 0.3) is 0 Å². The monoisotopic (exact) mass is 405 g/mol. The number of carbonyl (C=O) groups excluding carboxylic acids is 2. The summed E-state index contributed by atoms with van der Waals surface area (Å²) in [6.07, 6.45) is 3.66. The molecule has 0 radical (unpaired) electrons. The molecule has 0 saturated heterocycles. The molecule has 0 aromatic heterocycles. The third-order valence-electron chi connectivity index (χ3n) is 6.23. The van der Waals surface area contributed by atoms with E-state index in [0.29, 0.717) is 11.5 Å². The van der Waals surface area contributed by atoms with Crippen molar-refractivity contribution >= 4 is 11.9 Å². The van der Waals surface area contributed by atoms with E-state index < -0.39 is 11.4 Å². The lowest BCUT2D eigenvalue weighted by atomic mass is 9.77. The number of carbonyl (C=O) groups is 2. The van der Waals surface area contributed by atoms with Crippen molar-refractivity contribution < 1.29 is 14.3 Å². The molecule has 2 unspecified atom stereocenters. The van der Waals surface area contributed by atoms with Crippen LogP contribution in [0, 0.1) is 5.92 Å². The molecule has 30 heavy (non-hydrogen) atoms. The molecule has 4 nitrogen and oxygen atoms in total. The van der Waals surface area contributed by atoms with Gasteiger partial charge in [0, 0.05) is 7.05 Å². The molecule has 0 N–H and O–H groups in total. The maximum Gasteiger partial charge on any atom is 0.338 e. The highest BCUT2D eigenvalue weighted by Gasteiger charge is 2.38. The van der Waals surface area contributed by atoms with Gasteiger partial charge in [-0.05, 0) is 61.4 Å². The number of nitrogens with zero attached hydrogens (tertiary/aromatic N) is 1. The maximum absolute atomic E-state index is 13.6. The molecule has 0 aliphatic heterocycles. The molecule has 0 heterocycles. The van der Waals surface area contributed by atoms with Crippen molar-refractivity contribution in [3.05, 3.63) is 83.4 Å². The highest BCUT2D eigenvalue weighted by atomic mass is 16.5. The SMILES string of the molecule is C=CCOC(=O)c1ccc(C(C)(C)C(=O)N(C)C2c3ccccc3CCC2C)cc1. The first kappa shape index (κ1) is 21.8. The molecule has 1 aliphatic rings. The van der Waals surface area contributed by atoms with Crippen LogP contribution in [0.2, 0.25) is 0 Å². The van der Waals surface area contributed by atoms with Gasteiger partial charge in [-0.3, -0.25) is 4.79 Å². The average Bonchev–Trinajstić information content (AvgIpc) is 2.76. The van der Waals surface area contributed by atoms with Crippen LogP contribution in [0.15, 0.2) is 61.2 Å². The van der Waals surface area contributed by atoms with Crippen LogP contribution in [0.4, 0.5) is 0 Å². The van der Waals surface area contributed by atoms with Crippen molar-refractivity contribution in [1.82, 2.24) is 4.90 Å². The van der Waals surface area contributed by atoms with Crippen LogP contribution >= 0.6 is 0 Å². The molecular formula is C26H31NO3. The molecule has 2 aromatic rings. The number of fused-ring (bicyclic) bond motifs is 1. The zero-order valence-electron chi connectivity index (χ0n) is 18.4. The normalized spacial score (nSPS) is 18.3. The Morgan fingerprint density at radius 2 is 1.83 bits per heavy atom. The molecule has 2 aromatic carbocycles. The van der Waals surface area contributed by atoms with Gasteiger partial charge in [-0.15, -0.1) is 0 Å². The number of amides is 1. The third kappa shape index (κ3) is 4.18. The summed E-state index contributed by atoms with van der Waals surface area (Å²) in [4.78, 5) is 27.5. The minimum atomic E-state index is -0.718. The lowest BCUT2D eigenvalue weighted by Gasteiger charge is -2.41. The van der Waals surface area contributed by atoms with Crippen LogP contribution < -0.4 is 0 Å². The zero-order valence-corrected chi connectivity index (χ0v) is 18.4. The van der Waals surface area contributed by atoms with Gasteiger partial charge in [0.15, 0.2) is 0 Å². The summed E-state index contributed by atoms with van der Waals surface area (Å²) < 4.78 is 5.08. The van der Waals surface area contributed by atoms with E-state index in [1.165, 1.54) is 17.2 Å². The fraction of sp³-hybridized carbons (Fsp3) is 0.385. The number of hydrogen-bond acceptors (Lipinski definition) is 3. The Hall–Kier alpha value is -2.88. The smallest absolute Gasteiger partial charge is 0.338 e. The van der Waals surface area contributed by atoms with E-state index in [2.05, 4.69) is 37.8 Å². The quantitative estimate of drug-likeness (QED) is 0.497. The fourth-order valence-corrected chi connectivity index (χ4v) is 4.42. The van der Waals surface area contributed by atoms with Crippen molar-refractivity contribution in [2.75, 3.05) is 13.7 Å². The number of hydrogen-bond donors (Lipinski definition) is 0. The highest BCUT2D eigenvalue weighted by Crippen LogP contribution is 2.40. The zero-order chi connectivity index (χ0) is 21.9. The molecule has 0 saturated carbocycles. The minimum Gasteiger partial charge on any atom is -0.458 e. The van der Waals surface area contributed by atoms with Crippen molar-refractivity contribution in [3.63, 3.8) is 0 Å². The number of ether oxygens (including phenoxy) is 1. The van der Waals surface area contributed by atoms with E-state index in [4.69, 9.17) is 4.74 Å². The number of likely N-dealkylation sites (N-methyl/N-ethyl adjacent to an activating group) is 1. The Balaban J connectivity index is 1.83. The molecule has 158 valence electrons. The van der Waals surface area contributed by atoms with Crippen molar-refractivity contribution in [3.8, 4) is 0 Å². The summed E-state index contributed by atoms with van der Waals surface area (Å²) in [6, 6.07) is 15.6. The number of aryl methyl sites for hydroxylation is 1. The lowest BCUT2D eigenvalue weighted by molar-refractivity contribution is -0.138. The topological polar surface area (TPSA) is 46.6 Å². The minimum absolute atomic E-state index is 0.0647. The Kier molecular flexibility index (Phi) is 6.45. The average molecular weight is 406 g/mol. The largest absolute Gasteiger partial charge is 0.458 e. The van der Waals surface area contributed by atoms with E-state index in [0.717, 1.165) is 18.4 Å². The van der Waals surface area contributed by atoms with Crippen molar-refractivity contribution in [2.45, 2.75) is 45.1 Å². The second kappa shape index (κ2) is 8.86. The van der Waals surface area contributed by atoms with E-state index in [-0.39, 0.29) is 18.6 Å². The Bertz CT molecular complexity index is 930. The Morgan fingerprint density at radius 1 is 1.17 bits per heavy atom. The molecule has 3 rings (SSSR count). The number of esters is 1. The van der Waals surface area contributed by atoms with Crippen LogP contribution in [-0.2, 0) is 21.4 Å². The highest BCUT2D eigenvalue weighted by molar-refractivity contribution is 5.91. The summed E-state index contributed by atoms with van der Waals surface area (Å²) >= 11 is 0. The molecule has 0 fully saturated rings. The number of rotatable bonds is 6. The van der Waals surface area contributed by atoms with E-state index >= 15 is 0 Å². The molecule has 2 atom stereocenters. The van der Waals surface area contributed by atoms with Gasteiger partial charge in [-0.25, -0.2) is 4.79 Å². The van der Waals surface area contributed by atoms with Gasteiger partial charge >= 0.3 is 5.97 Å². The van der Waals surface area contributed by atoms with E-state index in [1.807, 2.05) is 37.9 Å². The summed E-state index contributed by atoms with van der Waals surface area (Å²) in [5, 5.41) is 0. The molecule has 1 aliphatic carbocycles. The lowest BCUT2D eigenvalue weighted by Crippen LogP contribution is -2.45. The van der Waals surface area contributed by atoms with E-state index in [1.54, 1.807) is 12.1 Å². The van der Waals surface area contributed by atoms with Crippen LogP contribution in [-0.4, -0.2) is 30.4 Å². The second-order valence-electron chi connectivity index (χ2n) is 8.67. The Labute approximate surface area is 179 Å².